The van der Waals surface area contributed by atoms with E-state index in [0.717, 1.165) is 54.3 Å². The second kappa shape index (κ2) is 30.4. The Kier molecular flexibility index (Phi) is 30.4. The normalized spacial score (nSPS) is 11.6. The fourth-order valence-electron chi connectivity index (χ4n) is 4.59. The maximum atomic E-state index is 4.58. The van der Waals surface area contributed by atoms with Crippen molar-refractivity contribution < 1.29 is 0 Å². The number of aryl methyl sites for hydroxylation is 2. The summed E-state index contributed by atoms with van der Waals surface area (Å²) >= 11 is 0. The number of piperidine rings is 1. The zero-order chi connectivity index (χ0) is 38.5. The molecule has 0 radical (unpaired) electrons. The Balaban J connectivity index is -0.000000603. The van der Waals surface area contributed by atoms with Gasteiger partial charge in [-0.2, -0.15) is 13.3 Å². The molecule has 0 bridgehead atoms. The van der Waals surface area contributed by atoms with Gasteiger partial charge >= 0.3 is 0 Å². The quantitative estimate of drug-likeness (QED) is 0.157. The third kappa shape index (κ3) is 25.2. The van der Waals surface area contributed by atoms with Gasteiger partial charge in [0.2, 0.25) is 0 Å². The summed E-state index contributed by atoms with van der Waals surface area (Å²) < 4.78 is 0. The van der Waals surface area contributed by atoms with Crippen LogP contribution < -0.4 is 4.90 Å². The third-order valence-electron chi connectivity index (χ3n) is 7.06. The molecule has 3 aromatic heterocycles. The molecule has 0 aromatic carbocycles. The topological polar surface area (TPSA) is 67.7 Å². The van der Waals surface area contributed by atoms with Gasteiger partial charge in [-0.05, 0) is 73.6 Å². The summed E-state index contributed by atoms with van der Waals surface area (Å²) in [6, 6.07) is 4.42. The molecular formula is C44H75CmN6-. The molecule has 1 fully saturated rings. The van der Waals surface area contributed by atoms with Gasteiger partial charge in [-0.25, -0.2) is 24.9 Å². The first-order valence-corrected chi connectivity index (χ1v) is 19.2. The molecule has 0 spiro atoms. The standard InChI is InChI=1S/C14H22N2.C12H20N2.C7H10N2.C7H11.2C2H6.Cm/c1-12(2)10-13-6-7-14(15-11-13)16-8-4-3-5-9-16;1-9(2)6-10-7-13-11(14-8-10)12(3,4)5;1-3-7-8-4-6(2)5-9-7;1-4-6-7(3)5-2;2*1-2;/h6-7,11-12H,3-5,8-10H2,1-2H3;7-9H,6H2,1-5H3;4-5H,3H2,1-2H3;4-5H,2-3,6H2,1H3;2*1-2H3;/q;;;-1;;;. The van der Waals surface area contributed by atoms with Crippen LogP contribution in [0.1, 0.15) is 144 Å². The van der Waals surface area contributed by atoms with Crippen LogP contribution in [-0.4, -0.2) is 38.0 Å². The van der Waals surface area contributed by atoms with Crippen molar-refractivity contribution in [2.24, 2.45) is 11.8 Å². The number of allylic oxidation sites excluding steroid dienone is 2. The Morgan fingerprint density at radius 2 is 1.29 bits per heavy atom. The molecule has 0 aliphatic carbocycles. The van der Waals surface area contributed by atoms with Gasteiger partial charge in [0, 0.05) is 55.9 Å². The van der Waals surface area contributed by atoms with Crippen LogP contribution in [0.25, 0.3) is 0 Å². The smallest absolute Gasteiger partial charge is 0.133 e. The van der Waals surface area contributed by atoms with E-state index in [-0.39, 0.29) is 5.41 Å². The van der Waals surface area contributed by atoms with E-state index >= 15 is 0 Å². The molecule has 4 heterocycles. The minimum Gasteiger partial charge on any atom is -0.357 e. The Morgan fingerprint density at radius 3 is 1.67 bits per heavy atom. The molecule has 1 aliphatic heterocycles. The average Bonchev–Trinajstić information content (AvgIpc) is 3.11. The number of hydrogen-bond donors (Lipinski definition) is 0. The van der Waals surface area contributed by atoms with Crippen LogP contribution in [0.15, 0.2) is 67.9 Å². The molecule has 290 valence electrons. The van der Waals surface area contributed by atoms with Crippen LogP contribution in [0.5, 0.6) is 0 Å². The van der Waals surface area contributed by atoms with E-state index in [1.807, 2.05) is 79.5 Å². The molecule has 1 aliphatic rings. The largest absolute Gasteiger partial charge is 0.357 e. The van der Waals surface area contributed by atoms with Crippen LogP contribution in [0.2, 0.25) is 0 Å². The summed E-state index contributed by atoms with van der Waals surface area (Å²) in [6.07, 6.45) is 21.5. The van der Waals surface area contributed by atoms with E-state index in [4.69, 9.17) is 0 Å². The molecule has 0 unspecified atom stereocenters. The van der Waals surface area contributed by atoms with Crippen molar-refractivity contribution in [3.8, 4) is 0 Å². The third-order valence-corrected chi connectivity index (χ3v) is 7.06. The van der Waals surface area contributed by atoms with Gasteiger partial charge in [-0.3, -0.25) is 0 Å². The number of anilines is 1. The Labute approximate surface area is 309 Å². The molecule has 6 nitrogen and oxygen atoms in total. The molecule has 1 saturated heterocycles. The first-order valence-electron chi connectivity index (χ1n) is 19.2. The second-order valence-corrected chi connectivity index (χ2v) is 13.9. The predicted molar refractivity (Wildman–Crippen MR) is 221 cm³/mol. The minimum absolute atomic E-state index is 0. The molecule has 51 heavy (non-hydrogen) atoms. The Bertz CT molecular complexity index is 1220. The predicted octanol–water partition coefficient (Wildman–Crippen LogP) is 12.0. The number of rotatable bonds is 9. The van der Waals surface area contributed by atoms with Gasteiger partial charge in [0.1, 0.15) is 17.5 Å². The van der Waals surface area contributed by atoms with Crippen LogP contribution in [0.4, 0.5) is 5.82 Å². The molecular weight excluding hydrogens is 860 g/mol. The van der Waals surface area contributed by atoms with E-state index in [1.165, 1.54) is 43.5 Å². The van der Waals surface area contributed by atoms with Crippen molar-refractivity contribution in [2.45, 2.75) is 147 Å². The Hall–Kier alpha value is -4.41. The molecule has 0 N–H and O–H groups in total. The van der Waals surface area contributed by atoms with Crippen molar-refractivity contribution in [3.05, 3.63) is 103 Å². The van der Waals surface area contributed by atoms with Crippen LogP contribution in [0, 0.1) is 25.2 Å². The van der Waals surface area contributed by atoms with Crippen molar-refractivity contribution in [1.82, 2.24) is 24.9 Å². The number of aromatic nitrogens is 5. The second-order valence-electron chi connectivity index (χ2n) is 13.9. The monoisotopic (exact) mass is 931 g/mol. The van der Waals surface area contributed by atoms with Gasteiger partial charge in [0.25, 0.3) is 0 Å². The molecule has 0 amide bonds. The van der Waals surface area contributed by atoms with Gasteiger partial charge in [0.05, 0.1) is 0 Å². The van der Waals surface area contributed by atoms with Gasteiger partial charge in [-0.1, -0.05) is 114 Å². The zero-order valence-electron chi connectivity index (χ0n) is 35.2. The average molecular weight is 935 g/mol. The minimum atomic E-state index is 0. The van der Waals surface area contributed by atoms with Crippen LogP contribution >= 0.6 is 0 Å². The molecule has 0 atom stereocenters. The molecule has 3 aromatic rings. The summed E-state index contributed by atoms with van der Waals surface area (Å²) in [4.78, 5) is 23.9. The van der Waals surface area contributed by atoms with E-state index in [1.54, 1.807) is 6.08 Å². The van der Waals surface area contributed by atoms with Crippen LogP contribution in [0.3, 0.4) is 0 Å². The summed E-state index contributed by atoms with van der Waals surface area (Å²) in [7, 11) is 0. The van der Waals surface area contributed by atoms with Gasteiger partial charge < -0.3 is 11.3 Å². The SMILES string of the molecule is C=CC(=C)C[CH-]C.CC.CC.CC(C)Cc1ccc(N2CCCCC2)nc1.CC(C)Cc1cnc(C(C)(C)C)nc1.CCc1ncc(C)cn1.[Cm]. The summed E-state index contributed by atoms with van der Waals surface area (Å²) in [5.41, 5.74) is 4.84. The van der Waals surface area contributed by atoms with Gasteiger partial charge in [-0.15, -0.1) is 0 Å². The van der Waals surface area contributed by atoms with Crippen molar-refractivity contribution in [1.29, 1.82) is 0 Å². The maximum Gasteiger partial charge on any atom is 0.133 e. The molecule has 4 rings (SSSR count). The summed E-state index contributed by atoms with van der Waals surface area (Å²) in [5, 5.41) is 0. The van der Waals surface area contributed by atoms with E-state index in [0.29, 0.717) is 11.8 Å². The Morgan fingerprint density at radius 1 is 0.804 bits per heavy atom. The zero-order valence-corrected chi connectivity index (χ0v) is 38.1. The van der Waals surface area contributed by atoms with E-state index < -0.39 is 0 Å². The fourth-order valence-corrected chi connectivity index (χ4v) is 4.59. The number of hydrogen-bond acceptors (Lipinski definition) is 6. The first kappa shape index (κ1) is 51.0. The maximum absolute atomic E-state index is 4.58. The molecule has 0 saturated carbocycles. The number of nitrogens with zero attached hydrogens (tertiary/aromatic N) is 6. The van der Waals surface area contributed by atoms with Crippen molar-refractivity contribution in [2.75, 3.05) is 18.0 Å². The number of pyridine rings is 1. The van der Waals surface area contributed by atoms with Gasteiger partial charge in [0.15, 0.2) is 0 Å². The summed E-state index contributed by atoms with van der Waals surface area (Å²) in [5.74, 6) is 4.37. The first-order chi connectivity index (χ1) is 23.8. The fraction of sp³-hybridized carbons (Fsp3) is 0.591. The van der Waals surface area contributed by atoms with Crippen LogP contribution in [-0.2, 0) is 24.7 Å². The van der Waals surface area contributed by atoms with E-state index in [2.05, 4.69) is 110 Å². The van der Waals surface area contributed by atoms with E-state index in [9.17, 15) is 0 Å². The van der Waals surface area contributed by atoms with Crippen molar-refractivity contribution in [3.63, 3.8) is 0 Å². The van der Waals surface area contributed by atoms with Crippen molar-refractivity contribution >= 4 is 5.82 Å². The summed E-state index contributed by atoms with van der Waals surface area (Å²) in [6.45, 7) is 39.0. The molecule has 7 heteroatoms.